The third-order valence-electron chi connectivity index (χ3n) is 3.88. The minimum Gasteiger partial charge on any atom is -0.396 e. The molecule has 0 aromatic rings. The molecule has 1 rings (SSSR count). The molecule has 0 heterocycles. The molecule has 4 heteroatoms. The van der Waals surface area contributed by atoms with Crippen molar-refractivity contribution in [2.45, 2.75) is 51.0 Å². The Balaban J connectivity index is 2.24. The summed E-state index contributed by atoms with van der Waals surface area (Å²) in [5.41, 5.74) is -0.192. The predicted molar refractivity (Wildman–Crippen MR) is 66.7 cm³/mol. The lowest BCUT2D eigenvalue weighted by Gasteiger charge is -2.40. The van der Waals surface area contributed by atoms with E-state index in [0.717, 1.165) is 32.1 Å². The Hall–Kier alpha value is -0.610. The predicted octanol–water partition coefficient (Wildman–Crippen LogP) is 1.47. The van der Waals surface area contributed by atoms with Gasteiger partial charge in [-0.05, 0) is 31.6 Å². The second-order valence-electron chi connectivity index (χ2n) is 5.01. The minimum absolute atomic E-state index is 0.0722. The van der Waals surface area contributed by atoms with Gasteiger partial charge in [-0.25, -0.2) is 0 Å². The second kappa shape index (κ2) is 6.97. The molecule has 17 heavy (non-hydrogen) atoms. The highest BCUT2D eigenvalue weighted by molar-refractivity contribution is 5.77. The molecule has 0 aliphatic heterocycles. The van der Waals surface area contributed by atoms with Crippen molar-refractivity contribution in [2.75, 3.05) is 20.3 Å². The van der Waals surface area contributed by atoms with Gasteiger partial charge in [-0.15, -0.1) is 0 Å². The molecule has 1 aliphatic rings. The SMILES string of the molecule is CCC(CCO)CNC(=O)CC1(OC)CCC1. The molecule has 1 atom stereocenters. The van der Waals surface area contributed by atoms with Gasteiger partial charge >= 0.3 is 0 Å². The Labute approximate surface area is 104 Å². The fraction of sp³-hybridized carbons (Fsp3) is 0.923. The number of aliphatic hydroxyl groups is 1. The molecule has 0 aromatic heterocycles. The van der Waals surface area contributed by atoms with Gasteiger partial charge in [0, 0.05) is 20.3 Å². The van der Waals surface area contributed by atoms with Gasteiger partial charge in [-0.3, -0.25) is 4.79 Å². The van der Waals surface area contributed by atoms with Crippen LogP contribution >= 0.6 is 0 Å². The van der Waals surface area contributed by atoms with Crippen LogP contribution in [0, 0.1) is 5.92 Å². The Morgan fingerprint density at radius 2 is 2.24 bits per heavy atom. The van der Waals surface area contributed by atoms with E-state index in [9.17, 15) is 4.79 Å². The molecule has 1 fully saturated rings. The van der Waals surface area contributed by atoms with Gasteiger partial charge in [-0.2, -0.15) is 0 Å². The average molecular weight is 243 g/mol. The fourth-order valence-corrected chi connectivity index (χ4v) is 2.27. The van der Waals surface area contributed by atoms with Crippen molar-refractivity contribution in [1.29, 1.82) is 0 Å². The molecule has 1 saturated carbocycles. The smallest absolute Gasteiger partial charge is 0.222 e. The van der Waals surface area contributed by atoms with Gasteiger partial charge < -0.3 is 15.2 Å². The molecule has 1 aliphatic carbocycles. The van der Waals surface area contributed by atoms with E-state index >= 15 is 0 Å². The number of nitrogens with one attached hydrogen (secondary N) is 1. The highest BCUT2D eigenvalue weighted by Crippen LogP contribution is 2.37. The third-order valence-corrected chi connectivity index (χ3v) is 3.88. The molecular weight excluding hydrogens is 218 g/mol. The highest BCUT2D eigenvalue weighted by atomic mass is 16.5. The van der Waals surface area contributed by atoms with Crippen LogP contribution in [0.15, 0.2) is 0 Å². The fourth-order valence-electron chi connectivity index (χ4n) is 2.27. The van der Waals surface area contributed by atoms with Crippen molar-refractivity contribution in [3.8, 4) is 0 Å². The molecule has 0 spiro atoms. The maximum absolute atomic E-state index is 11.8. The van der Waals surface area contributed by atoms with Crippen LogP contribution in [0.5, 0.6) is 0 Å². The van der Waals surface area contributed by atoms with Gasteiger partial charge in [0.2, 0.25) is 5.91 Å². The van der Waals surface area contributed by atoms with Gasteiger partial charge in [0.15, 0.2) is 0 Å². The standard InChI is InChI=1S/C13H25NO3/c1-3-11(5-8-15)10-14-12(16)9-13(17-2)6-4-7-13/h11,15H,3-10H2,1-2H3,(H,14,16). The number of aliphatic hydroxyl groups excluding tert-OH is 1. The number of methoxy groups -OCH3 is 1. The summed E-state index contributed by atoms with van der Waals surface area (Å²) < 4.78 is 5.42. The Morgan fingerprint density at radius 3 is 2.65 bits per heavy atom. The van der Waals surface area contributed by atoms with E-state index in [1.165, 1.54) is 0 Å². The maximum Gasteiger partial charge on any atom is 0.222 e. The lowest BCUT2D eigenvalue weighted by molar-refractivity contribution is -0.134. The van der Waals surface area contributed by atoms with Crippen molar-refractivity contribution in [1.82, 2.24) is 5.32 Å². The Morgan fingerprint density at radius 1 is 1.53 bits per heavy atom. The summed E-state index contributed by atoms with van der Waals surface area (Å²) in [6, 6.07) is 0. The monoisotopic (exact) mass is 243 g/mol. The Kier molecular flexibility index (Phi) is 5.92. The van der Waals surface area contributed by atoms with E-state index in [2.05, 4.69) is 12.2 Å². The summed E-state index contributed by atoms with van der Waals surface area (Å²) >= 11 is 0. The molecule has 0 bridgehead atoms. The zero-order chi connectivity index (χ0) is 12.7. The zero-order valence-electron chi connectivity index (χ0n) is 11.0. The summed E-state index contributed by atoms with van der Waals surface area (Å²) in [4.78, 5) is 11.8. The molecule has 0 radical (unpaired) electrons. The first-order valence-electron chi connectivity index (χ1n) is 6.58. The number of hydrogen-bond donors (Lipinski definition) is 2. The molecule has 100 valence electrons. The van der Waals surface area contributed by atoms with Gasteiger partial charge in [0.25, 0.3) is 0 Å². The number of rotatable bonds is 8. The second-order valence-corrected chi connectivity index (χ2v) is 5.01. The molecule has 1 unspecified atom stereocenters. The lowest BCUT2D eigenvalue weighted by atomic mass is 9.77. The first-order chi connectivity index (χ1) is 8.15. The number of carbonyl (C=O) groups excluding carboxylic acids is 1. The van der Waals surface area contributed by atoms with E-state index < -0.39 is 0 Å². The number of hydrogen-bond acceptors (Lipinski definition) is 3. The summed E-state index contributed by atoms with van der Waals surface area (Å²) in [7, 11) is 1.69. The Bertz CT molecular complexity index is 233. The third kappa shape index (κ3) is 4.28. The topological polar surface area (TPSA) is 58.6 Å². The van der Waals surface area contributed by atoms with Crippen LogP contribution in [-0.4, -0.2) is 36.9 Å². The van der Waals surface area contributed by atoms with Crippen LogP contribution in [0.2, 0.25) is 0 Å². The summed E-state index contributed by atoms with van der Waals surface area (Å²) in [5.74, 6) is 0.451. The first kappa shape index (κ1) is 14.5. The van der Waals surface area contributed by atoms with Crippen LogP contribution < -0.4 is 5.32 Å². The van der Waals surface area contributed by atoms with E-state index in [1.807, 2.05) is 0 Å². The quantitative estimate of drug-likeness (QED) is 0.678. The molecule has 1 amide bonds. The largest absolute Gasteiger partial charge is 0.396 e. The van der Waals surface area contributed by atoms with Crippen molar-refractivity contribution in [2.24, 2.45) is 5.92 Å². The van der Waals surface area contributed by atoms with E-state index in [4.69, 9.17) is 9.84 Å². The molecular formula is C13H25NO3. The van der Waals surface area contributed by atoms with Gasteiger partial charge in [-0.1, -0.05) is 13.3 Å². The van der Waals surface area contributed by atoms with Crippen LogP contribution in [0.25, 0.3) is 0 Å². The normalized spacial score (nSPS) is 19.5. The van der Waals surface area contributed by atoms with Gasteiger partial charge in [0.1, 0.15) is 0 Å². The molecule has 4 nitrogen and oxygen atoms in total. The minimum atomic E-state index is -0.192. The van der Waals surface area contributed by atoms with Crippen LogP contribution in [0.3, 0.4) is 0 Å². The number of amides is 1. The average Bonchev–Trinajstić information content (AvgIpc) is 2.29. The van der Waals surface area contributed by atoms with Crippen LogP contribution in [0.4, 0.5) is 0 Å². The molecule has 0 aromatic carbocycles. The van der Waals surface area contributed by atoms with Gasteiger partial charge in [0.05, 0.1) is 12.0 Å². The van der Waals surface area contributed by atoms with Crippen LogP contribution in [-0.2, 0) is 9.53 Å². The lowest BCUT2D eigenvalue weighted by Crippen LogP contribution is -2.44. The number of carbonyl (C=O) groups is 1. The maximum atomic E-state index is 11.8. The van der Waals surface area contributed by atoms with E-state index in [1.54, 1.807) is 7.11 Å². The number of ether oxygens (including phenoxy) is 1. The molecule has 2 N–H and O–H groups in total. The van der Waals surface area contributed by atoms with Crippen molar-refractivity contribution in [3.05, 3.63) is 0 Å². The summed E-state index contributed by atoms with van der Waals surface area (Å²) in [6.45, 7) is 2.93. The molecule has 0 saturated heterocycles. The highest BCUT2D eigenvalue weighted by Gasteiger charge is 2.38. The first-order valence-corrected chi connectivity index (χ1v) is 6.58. The summed E-state index contributed by atoms with van der Waals surface area (Å²) in [6.07, 6.45) is 5.35. The zero-order valence-corrected chi connectivity index (χ0v) is 11.0. The van der Waals surface area contributed by atoms with Crippen LogP contribution in [0.1, 0.15) is 45.4 Å². The van der Waals surface area contributed by atoms with Crippen molar-refractivity contribution in [3.63, 3.8) is 0 Å². The van der Waals surface area contributed by atoms with E-state index in [-0.39, 0.29) is 18.1 Å². The van der Waals surface area contributed by atoms with Crippen molar-refractivity contribution < 1.29 is 14.6 Å². The summed E-state index contributed by atoms with van der Waals surface area (Å²) in [5, 5.41) is 11.8. The van der Waals surface area contributed by atoms with E-state index in [0.29, 0.717) is 18.9 Å². The van der Waals surface area contributed by atoms with Crippen molar-refractivity contribution >= 4 is 5.91 Å².